The Morgan fingerprint density at radius 1 is 1.20 bits per heavy atom. The summed E-state index contributed by atoms with van der Waals surface area (Å²) in [5.74, 6) is 0.657. The number of carbonyl (C=O) groups is 1. The van der Waals surface area contributed by atoms with Crippen molar-refractivity contribution < 1.29 is 24.1 Å². The van der Waals surface area contributed by atoms with Crippen molar-refractivity contribution >= 4 is 11.6 Å². The number of rotatable bonds is 9. The Kier molecular flexibility index (Phi) is 8.74. The van der Waals surface area contributed by atoms with Crippen LogP contribution in [-0.2, 0) is 14.3 Å². The van der Waals surface area contributed by atoms with E-state index in [1.807, 2.05) is 18.2 Å². The molecule has 0 radical (unpaired) electrons. The van der Waals surface area contributed by atoms with Crippen molar-refractivity contribution in [3.63, 3.8) is 0 Å². The average Bonchev–Trinajstić information content (AvgIpc) is 2.79. The van der Waals surface area contributed by atoms with Gasteiger partial charge in [-0.3, -0.25) is 9.69 Å². The molecule has 30 heavy (non-hydrogen) atoms. The first-order valence-corrected chi connectivity index (χ1v) is 10.8. The van der Waals surface area contributed by atoms with Gasteiger partial charge in [0.1, 0.15) is 5.75 Å². The van der Waals surface area contributed by atoms with Gasteiger partial charge in [-0.05, 0) is 31.4 Å². The largest absolute Gasteiger partial charge is 0.495 e. The summed E-state index contributed by atoms with van der Waals surface area (Å²) in [6.07, 6.45) is 0.706. The van der Waals surface area contributed by atoms with Crippen molar-refractivity contribution in [1.29, 1.82) is 0 Å². The molecule has 0 unspecified atom stereocenters. The maximum atomic E-state index is 12.3. The fraction of sp³-hybridized carbons (Fsp3) is 0.682. The van der Waals surface area contributed by atoms with Gasteiger partial charge in [0.25, 0.3) is 5.91 Å². The van der Waals surface area contributed by atoms with Crippen LogP contribution in [0.3, 0.4) is 0 Å². The number of nitrogens with one attached hydrogen (secondary N) is 1. The molecule has 1 amide bonds. The summed E-state index contributed by atoms with van der Waals surface area (Å²) < 4.78 is 16.4. The minimum atomic E-state index is -0.789. The lowest BCUT2D eigenvalue weighted by atomic mass is 9.98. The molecule has 3 rings (SSSR count). The number of ether oxygens (including phenoxy) is 3. The van der Waals surface area contributed by atoms with E-state index in [4.69, 9.17) is 14.2 Å². The zero-order valence-electron chi connectivity index (χ0n) is 18.1. The Labute approximate surface area is 179 Å². The Morgan fingerprint density at radius 3 is 2.70 bits per heavy atom. The standard InChI is InChI=1S/C22H35N3O5/c1-28-16-10-23-22(27)21-19(26)8-7-17(30-21)9-11-24-12-14-25(15-13-24)18-5-3-4-6-20(18)29-2/h3-6,17,19,21,26H,7-16H2,1-2H3,(H,23,27)/t17-,19-,21-/m0/s1. The summed E-state index contributed by atoms with van der Waals surface area (Å²) in [6.45, 7) is 5.66. The predicted molar refractivity (Wildman–Crippen MR) is 115 cm³/mol. The third-order valence-corrected chi connectivity index (χ3v) is 5.90. The maximum absolute atomic E-state index is 12.3. The number of hydrogen-bond donors (Lipinski definition) is 2. The molecule has 0 saturated carbocycles. The van der Waals surface area contributed by atoms with E-state index in [0.717, 1.165) is 57.0 Å². The van der Waals surface area contributed by atoms with Gasteiger partial charge in [0.15, 0.2) is 6.10 Å². The number of para-hydroxylation sites is 2. The Bertz CT molecular complexity index is 666. The summed E-state index contributed by atoms with van der Waals surface area (Å²) in [6, 6.07) is 8.14. The fourth-order valence-electron chi connectivity index (χ4n) is 4.13. The van der Waals surface area contributed by atoms with Gasteiger partial charge < -0.3 is 29.5 Å². The van der Waals surface area contributed by atoms with E-state index in [1.54, 1.807) is 14.2 Å². The van der Waals surface area contributed by atoms with E-state index in [2.05, 4.69) is 21.2 Å². The number of hydrogen-bond acceptors (Lipinski definition) is 7. The zero-order valence-corrected chi connectivity index (χ0v) is 18.1. The van der Waals surface area contributed by atoms with Gasteiger partial charge in [0.2, 0.25) is 0 Å². The number of piperazine rings is 1. The van der Waals surface area contributed by atoms with Crippen LogP contribution in [0.5, 0.6) is 5.75 Å². The van der Waals surface area contributed by atoms with Crippen LogP contribution < -0.4 is 15.0 Å². The van der Waals surface area contributed by atoms with Crippen molar-refractivity contribution in [2.24, 2.45) is 0 Å². The number of aliphatic hydroxyl groups is 1. The molecule has 8 nitrogen and oxygen atoms in total. The molecule has 8 heteroatoms. The predicted octanol–water partition coefficient (Wildman–Crippen LogP) is 0.878. The zero-order chi connectivity index (χ0) is 21.3. The number of aliphatic hydroxyl groups excluding tert-OH is 1. The highest BCUT2D eigenvalue weighted by atomic mass is 16.5. The molecule has 0 spiro atoms. The molecule has 0 aliphatic carbocycles. The molecule has 1 aromatic carbocycles. The lowest BCUT2D eigenvalue weighted by molar-refractivity contribution is -0.158. The van der Waals surface area contributed by atoms with Gasteiger partial charge in [-0.15, -0.1) is 0 Å². The first kappa shape index (κ1) is 22.8. The molecule has 3 atom stereocenters. The third kappa shape index (κ3) is 6.07. The molecule has 0 aromatic heterocycles. The molecular weight excluding hydrogens is 386 g/mol. The highest BCUT2D eigenvalue weighted by Crippen LogP contribution is 2.28. The Morgan fingerprint density at radius 2 is 1.97 bits per heavy atom. The number of anilines is 1. The Hall–Kier alpha value is -1.87. The molecular formula is C22H35N3O5. The SMILES string of the molecule is COCCNC(=O)[C@H]1O[C@H](CCN2CCN(c3ccccc3OC)CC2)CC[C@@H]1O. The van der Waals surface area contributed by atoms with Crippen LogP contribution in [0.15, 0.2) is 24.3 Å². The topological polar surface area (TPSA) is 83.5 Å². The number of amides is 1. The highest BCUT2D eigenvalue weighted by molar-refractivity contribution is 5.81. The van der Waals surface area contributed by atoms with Crippen molar-refractivity contribution in [2.45, 2.75) is 37.6 Å². The minimum Gasteiger partial charge on any atom is -0.495 e. The highest BCUT2D eigenvalue weighted by Gasteiger charge is 2.35. The number of nitrogens with zero attached hydrogens (tertiary/aromatic N) is 2. The van der Waals surface area contributed by atoms with Gasteiger partial charge in [0.05, 0.1) is 31.6 Å². The molecule has 1 aromatic rings. The van der Waals surface area contributed by atoms with Gasteiger partial charge in [0, 0.05) is 46.4 Å². The summed E-state index contributed by atoms with van der Waals surface area (Å²) in [5.41, 5.74) is 1.14. The van der Waals surface area contributed by atoms with Crippen molar-refractivity contribution in [1.82, 2.24) is 10.2 Å². The molecule has 2 heterocycles. The van der Waals surface area contributed by atoms with Gasteiger partial charge in [-0.2, -0.15) is 0 Å². The van der Waals surface area contributed by atoms with Crippen molar-refractivity contribution in [3.8, 4) is 5.75 Å². The molecule has 2 saturated heterocycles. The fourth-order valence-corrected chi connectivity index (χ4v) is 4.13. The number of carbonyl (C=O) groups excluding carboxylic acids is 1. The van der Waals surface area contributed by atoms with E-state index in [9.17, 15) is 9.90 Å². The maximum Gasteiger partial charge on any atom is 0.251 e. The van der Waals surface area contributed by atoms with Crippen LogP contribution in [0, 0.1) is 0 Å². The van der Waals surface area contributed by atoms with E-state index >= 15 is 0 Å². The molecule has 0 bridgehead atoms. The molecule has 2 aliphatic rings. The van der Waals surface area contributed by atoms with E-state index in [1.165, 1.54) is 0 Å². The second kappa shape index (κ2) is 11.5. The third-order valence-electron chi connectivity index (χ3n) is 5.90. The first-order valence-electron chi connectivity index (χ1n) is 10.8. The van der Waals surface area contributed by atoms with Gasteiger partial charge in [-0.25, -0.2) is 0 Å². The molecule has 168 valence electrons. The normalized spacial score (nSPS) is 25.2. The summed E-state index contributed by atoms with van der Waals surface area (Å²) >= 11 is 0. The molecule has 2 N–H and O–H groups in total. The monoisotopic (exact) mass is 421 g/mol. The lowest BCUT2D eigenvalue weighted by Crippen LogP contribution is -2.50. The smallest absolute Gasteiger partial charge is 0.251 e. The van der Waals surface area contributed by atoms with E-state index in [-0.39, 0.29) is 12.0 Å². The quantitative estimate of drug-likeness (QED) is 0.573. The van der Waals surface area contributed by atoms with Crippen LogP contribution >= 0.6 is 0 Å². The van der Waals surface area contributed by atoms with Crippen molar-refractivity contribution in [2.75, 3.05) is 65.0 Å². The van der Waals surface area contributed by atoms with Crippen molar-refractivity contribution in [3.05, 3.63) is 24.3 Å². The van der Waals surface area contributed by atoms with Gasteiger partial charge in [-0.1, -0.05) is 12.1 Å². The lowest BCUT2D eigenvalue weighted by Gasteiger charge is -2.38. The first-order chi connectivity index (χ1) is 14.6. The van der Waals surface area contributed by atoms with Crippen LogP contribution in [-0.4, -0.2) is 94.3 Å². The summed E-state index contributed by atoms with van der Waals surface area (Å²) in [7, 11) is 3.30. The number of methoxy groups -OCH3 is 2. The average molecular weight is 422 g/mol. The van der Waals surface area contributed by atoms with Crippen LogP contribution in [0.1, 0.15) is 19.3 Å². The molecule has 2 aliphatic heterocycles. The second-order valence-electron chi connectivity index (χ2n) is 7.90. The second-order valence-corrected chi connectivity index (χ2v) is 7.90. The summed E-state index contributed by atoms with van der Waals surface area (Å²) in [5, 5.41) is 12.9. The molecule has 2 fully saturated rings. The van der Waals surface area contributed by atoms with Gasteiger partial charge >= 0.3 is 0 Å². The summed E-state index contributed by atoms with van der Waals surface area (Å²) in [4.78, 5) is 17.1. The van der Waals surface area contributed by atoms with Crippen LogP contribution in [0.25, 0.3) is 0 Å². The Balaban J connectivity index is 1.42. The van der Waals surface area contributed by atoms with Crippen LogP contribution in [0.2, 0.25) is 0 Å². The minimum absolute atomic E-state index is 0.00109. The van der Waals surface area contributed by atoms with E-state index < -0.39 is 12.2 Å². The number of benzene rings is 1. The van der Waals surface area contributed by atoms with E-state index in [0.29, 0.717) is 19.6 Å². The van der Waals surface area contributed by atoms with Crippen LogP contribution in [0.4, 0.5) is 5.69 Å².